The molecule has 3 aromatic carbocycles. The van der Waals surface area contributed by atoms with Crippen molar-refractivity contribution in [3.63, 3.8) is 0 Å². The Kier molecular flexibility index (Phi) is 18.8. The van der Waals surface area contributed by atoms with Crippen LogP contribution < -0.4 is 20.5 Å². The molecule has 0 saturated carbocycles. The van der Waals surface area contributed by atoms with E-state index in [0.717, 1.165) is 30.5 Å². The zero-order valence-corrected chi connectivity index (χ0v) is 34.8. The molecule has 61 heavy (non-hydrogen) atoms. The third kappa shape index (κ3) is 14.2. The number of alkyl carbamates (subject to hydrolysis) is 1. The molecule has 5 N–H and O–H groups in total. The smallest absolute Gasteiger partial charge is 0.407 e. The van der Waals surface area contributed by atoms with Crippen LogP contribution in [0.25, 0.3) is 0 Å². The summed E-state index contributed by atoms with van der Waals surface area (Å²) in [4.78, 5) is 60.0. The summed E-state index contributed by atoms with van der Waals surface area (Å²) >= 11 is 0. The Hall–Kier alpha value is -5.75. The summed E-state index contributed by atoms with van der Waals surface area (Å²) in [7, 11) is 3.17. The van der Waals surface area contributed by atoms with E-state index in [1.54, 1.807) is 14.2 Å². The van der Waals surface area contributed by atoms with Gasteiger partial charge in [-0.3, -0.25) is 19.2 Å². The fourth-order valence-electron chi connectivity index (χ4n) is 7.11. The molecule has 4 rings (SSSR count). The number of benzene rings is 3. The number of methoxy groups -OCH3 is 2. The van der Waals surface area contributed by atoms with Crippen LogP contribution in [0.5, 0.6) is 11.5 Å². The summed E-state index contributed by atoms with van der Waals surface area (Å²) in [6.07, 6.45) is -5.66. The predicted octanol–water partition coefficient (Wildman–Crippen LogP) is 4.23. The lowest BCUT2D eigenvalue weighted by atomic mass is 9.80. The molecule has 3 aromatic rings. The normalized spacial score (nSPS) is 19.2. The van der Waals surface area contributed by atoms with Gasteiger partial charge in [0.2, 0.25) is 5.91 Å². The van der Waals surface area contributed by atoms with Crippen molar-refractivity contribution in [1.82, 2.24) is 5.32 Å². The lowest BCUT2D eigenvalue weighted by Crippen LogP contribution is -2.58. The van der Waals surface area contributed by atoms with Crippen LogP contribution in [0.3, 0.4) is 0 Å². The molecule has 0 aromatic heterocycles. The van der Waals surface area contributed by atoms with Crippen molar-refractivity contribution in [2.45, 2.75) is 88.7 Å². The number of nitrogens with one attached hydrogen (secondary N) is 1. The average molecular weight is 853 g/mol. The van der Waals surface area contributed by atoms with Gasteiger partial charge in [0.1, 0.15) is 42.0 Å². The van der Waals surface area contributed by atoms with Crippen molar-refractivity contribution < 1.29 is 72.1 Å². The van der Waals surface area contributed by atoms with Crippen molar-refractivity contribution >= 4 is 29.9 Å². The van der Waals surface area contributed by atoms with Gasteiger partial charge in [-0.15, -0.1) is 0 Å². The van der Waals surface area contributed by atoms with E-state index in [4.69, 9.17) is 43.6 Å². The number of hydrogen-bond acceptors (Lipinski definition) is 14. The Morgan fingerprint density at radius 1 is 0.787 bits per heavy atom. The molecule has 0 radical (unpaired) electrons. The van der Waals surface area contributed by atoms with Crippen LogP contribution in [-0.2, 0) is 53.2 Å². The first-order valence-corrected chi connectivity index (χ1v) is 20.0. The van der Waals surface area contributed by atoms with Gasteiger partial charge in [-0.05, 0) is 66.6 Å². The Balaban J connectivity index is 1.30. The molecule has 6 atom stereocenters. The second-order valence-electron chi connectivity index (χ2n) is 14.4. The van der Waals surface area contributed by atoms with Crippen LogP contribution >= 0.6 is 0 Å². The Morgan fingerprint density at radius 2 is 1.36 bits per heavy atom. The molecule has 1 heterocycles. The van der Waals surface area contributed by atoms with Gasteiger partial charge in [0, 0.05) is 39.8 Å². The van der Waals surface area contributed by atoms with E-state index < -0.39 is 72.1 Å². The van der Waals surface area contributed by atoms with Crippen LogP contribution in [0.4, 0.5) is 4.79 Å². The fourth-order valence-corrected chi connectivity index (χ4v) is 7.11. The van der Waals surface area contributed by atoms with Gasteiger partial charge in [0.15, 0.2) is 12.4 Å². The number of ether oxygens (including phenoxy) is 8. The highest BCUT2D eigenvalue weighted by atomic mass is 16.7. The Bertz CT molecular complexity index is 1810. The van der Waals surface area contributed by atoms with Crippen molar-refractivity contribution in [1.29, 1.82) is 0 Å². The molecule has 0 aliphatic carbocycles. The summed E-state index contributed by atoms with van der Waals surface area (Å²) < 4.78 is 45.6. The summed E-state index contributed by atoms with van der Waals surface area (Å²) in [6.45, 7) is 2.12. The van der Waals surface area contributed by atoms with Crippen LogP contribution in [0.15, 0.2) is 78.9 Å². The van der Waals surface area contributed by atoms with Crippen molar-refractivity contribution in [3.8, 4) is 11.5 Å². The predicted molar refractivity (Wildman–Crippen MR) is 217 cm³/mol. The van der Waals surface area contributed by atoms with Crippen LogP contribution in [-0.4, -0.2) is 111 Å². The zero-order valence-electron chi connectivity index (χ0n) is 34.8. The van der Waals surface area contributed by atoms with Crippen LogP contribution in [0.2, 0.25) is 0 Å². The number of amides is 2. The van der Waals surface area contributed by atoms with Gasteiger partial charge in [-0.25, -0.2) is 4.79 Å². The number of aliphatic hydroxyl groups excluding tert-OH is 1. The number of carbonyl (C=O) groups excluding carboxylic acids is 4. The quantitative estimate of drug-likeness (QED) is 0.0427. The lowest BCUT2D eigenvalue weighted by Gasteiger charge is -2.45. The van der Waals surface area contributed by atoms with Gasteiger partial charge in [-0.1, -0.05) is 54.6 Å². The number of carbonyl (C=O) groups is 5. The largest absolute Gasteiger partial charge is 0.497 e. The molecule has 1 aliphatic heterocycles. The fraction of sp³-hybridized carbons (Fsp3) is 0.477. The van der Waals surface area contributed by atoms with Crippen LogP contribution in [0, 0.1) is 5.92 Å². The molecular formula is C44H56N2O15. The topological polar surface area (TPSA) is 238 Å². The highest BCUT2D eigenvalue weighted by molar-refractivity contribution is 5.74. The summed E-state index contributed by atoms with van der Waals surface area (Å²) in [5.74, 6) is -2.94. The van der Waals surface area contributed by atoms with Gasteiger partial charge in [0.05, 0.1) is 26.7 Å². The summed E-state index contributed by atoms with van der Waals surface area (Å²) in [6, 6.07) is 24.5. The van der Waals surface area contributed by atoms with E-state index in [0.29, 0.717) is 30.8 Å². The molecule has 332 valence electrons. The van der Waals surface area contributed by atoms with Crippen LogP contribution in [0.1, 0.15) is 69.1 Å². The number of nitrogens with two attached hydrogens (primary N) is 1. The summed E-state index contributed by atoms with van der Waals surface area (Å²) in [5.41, 5.74) is 6.68. The minimum Gasteiger partial charge on any atom is -0.497 e. The summed E-state index contributed by atoms with van der Waals surface area (Å²) in [5, 5.41) is 22.9. The zero-order chi connectivity index (χ0) is 44.4. The highest BCUT2D eigenvalue weighted by Gasteiger charge is 2.50. The van der Waals surface area contributed by atoms with Gasteiger partial charge in [-0.2, -0.15) is 0 Å². The molecule has 17 nitrogen and oxygen atoms in total. The number of unbranched alkanes of at least 4 members (excludes halogenated alkanes) is 2. The maximum atomic E-state index is 12.6. The first-order valence-electron chi connectivity index (χ1n) is 20.0. The number of aliphatic hydroxyl groups is 1. The molecular weight excluding hydrogens is 796 g/mol. The average Bonchev–Trinajstić information content (AvgIpc) is 3.24. The first-order chi connectivity index (χ1) is 29.3. The van der Waals surface area contributed by atoms with E-state index >= 15 is 0 Å². The molecule has 1 fully saturated rings. The highest BCUT2D eigenvalue weighted by Crippen LogP contribution is 2.42. The van der Waals surface area contributed by atoms with E-state index in [9.17, 15) is 34.2 Å². The van der Waals surface area contributed by atoms with E-state index in [1.807, 2.05) is 78.9 Å². The van der Waals surface area contributed by atoms with Crippen molar-refractivity contribution in [2.24, 2.45) is 11.7 Å². The van der Waals surface area contributed by atoms with Gasteiger partial charge in [0.25, 0.3) is 0 Å². The molecule has 17 heteroatoms. The van der Waals surface area contributed by atoms with Crippen molar-refractivity contribution in [3.05, 3.63) is 95.6 Å². The standard InChI is InChI=1S/C44H56N2O15/c1-28(47)59-40-36(25-38(45)50)42(61-37(21-22-39(51)52)41(40)60-29(2)48)56-24-10-6-9-23-46-43(53)57-26-33(49)27-58-44(30-11-7-5-8-12-30,31-13-17-34(54-3)18-14-31)32-15-19-35(55-4)20-16-32/h5,7-8,11-20,33,36-37,40-42,49H,6,9-10,21-27H2,1-4H3,(H2,45,50)(H,46,53)(H,51,52)/t33-,36-,37-,40-,41-,42-/m1/s1. The van der Waals surface area contributed by atoms with E-state index in [-0.39, 0.29) is 45.6 Å². The molecule has 2 amide bonds. The van der Waals surface area contributed by atoms with E-state index in [2.05, 4.69) is 5.32 Å². The second kappa shape index (κ2) is 23.9. The number of hydrogen-bond donors (Lipinski definition) is 4. The second-order valence-corrected chi connectivity index (χ2v) is 14.4. The number of primary amides is 1. The lowest BCUT2D eigenvalue weighted by molar-refractivity contribution is -0.287. The SMILES string of the molecule is COc1ccc(C(OC[C@H](O)COC(=O)NCCCCCO[C@@H]2O[C@H](CCC(=O)O)[C@@H](OC(C)=O)[C@H](OC(C)=O)[C@H]2CC(N)=O)(c2ccccc2)c2ccc(OC)cc2)cc1. The third-order valence-electron chi connectivity index (χ3n) is 9.90. The minimum absolute atomic E-state index is 0.0954. The molecule has 0 spiro atoms. The molecule has 1 aliphatic rings. The maximum absolute atomic E-state index is 12.6. The number of carboxylic acids is 1. The van der Waals surface area contributed by atoms with E-state index in [1.165, 1.54) is 0 Å². The van der Waals surface area contributed by atoms with Crippen molar-refractivity contribution in [2.75, 3.05) is 40.6 Å². The molecule has 0 bridgehead atoms. The number of carboxylic acid groups (broad SMARTS) is 1. The minimum atomic E-state index is -1.20. The van der Waals surface area contributed by atoms with Gasteiger partial charge < -0.3 is 59.2 Å². The first kappa shape index (κ1) is 47.9. The third-order valence-corrected chi connectivity index (χ3v) is 9.90. The number of esters is 2. The number of aliphatic carboxylic acids is 1. The maximum Gasteiger partial charge on any atom is 0.407 e. The number of rotatable bonds is 24. The Labute approximate surface area is 354 Å². The molecule has 0 unspecified atom stereocenters. The Morgan fingerprint density at radius 3 is 1.90 bits per heavy atom. The van der Waals surface area contributed by atoms with Gasteiger partial charge >= 0.3 is 24.0 Å². The molecule has 1 saturated heterocycles. The monoisotopic (exact) mass is 852 g/mol.